The van der Waals surface area contributed by atoms with Crippen LogP contribution in [0.3, 0.4) is 0 Å². The molecule has 40 heavy (non-hydrogen) atoms. The van der Waals surface area contributed by atoms with Crippen molar-refractivity contribution in [1.29, 1.82) is 0 Å². The van der Waals surface area contributed by atoms with E-state index < -0.39 is 33.9 Å². The van der Waals surface area contributed by atoms with Gasteiger partial charge in [-0.15, -0.1) is 0 Å². The lowest BCUT2D eigenvalue weighted by atomic mass is 9.38. The number of fused-ring (bicyclic) bond motifs is 3. The Balaban J connectivity index is 2.52. The van der Waals surface area contributed by atoms with E-state index in [1.54, 1.807) is 13.8 Å². The van der Waals surface area contributed by atoms with Gasteiger partial charge in [0.25, 0.3) is 0 Å². The summed E-state index contributed by atoms with van der Waals surface area (Å²) in [5.41, 5.74) is -1.08. The van der Waals surface area contributed by atoms with E-state index in [9.17, 15) is 14.7 Å². The number of ketones is 3. The summed E-state index contributed by atoms with van der Waals surface area (Å²) in [4.78, 5) is 44.7. The molecule has 5 nitrogen and oxygen atoms in total. The van der Waals surface area contributed by atoms with Crippen LogP contribution in [0.5, 0.6) is 0 Å². The van der Waals surface area contributed by atoms with Crippen molar-refractivity contribution in [3.8, 4) is 0 Å². The molecule has 1 N–H and O–H groups in total. The number of aliphatic hydroxyl groups excluding tert-OH is 1. The summed E-state index contributed by atoms with van der Waals surface area (Å²) < 4.78 is 6.58. The largest absolute Gasteiger partial charge is 0.487 e. The Kier molecular flexibility index (Phi) is 9.02. The van der Waals surface area contributed by atoms with Gasteiger partial charge in [-0.3, -0.25) is 14.4 Å². The van der Waals surface area contributed by atoms with Crippen molar-refractivity contribution in [3.63, 3.8) is 0 Å². The predicted octanol–water partition coefficient (Wildman–Crippen LogP) is 7.64. The van der Waals surface area contributed by atoms with Crippen LogP contribution in [0.25, 0.3) is 0 Å². The van der Waals surface area contributed by atoms with Gasteiger partial charge in [-0.1, -0.05) is 55.7 Å². The first-order valence-corrected chi connectivity index (χ1v) is 15.0. The van der Waals surface area contributed by atoms with Crippen molar-refractivity contribution in [2.75, 3.05) is 0 Å². The number of aliphatic hydroxyl groups is 1. The maximum Gasteiger partial charge on any atom is 0.176 e. The second kappa shape index (κ2) is 11.2. The van der Waals surface area contributed by atoms with E-state index in [1.165, 1.54) is 11.1 Å². The van der Waals surface area contributed by atoms with Gasteiger partial charge in [-0.2, -0.15) is 0 Å². The highest BCUT2D eigenvalue weighted by Crippen LogP contribution is 2.69. The minimum Gasteiger partial charge on any atom is -0.487 e. The van der Waals surface area contributed by atoms with Gasteiger partial charge >= 0.3 is 0 Å². The fourth-order valence-electron chi connectivity index (χ4n) is 7.29. The molecule has 2 bridgehead atoms. The number of hydrogen-bond donors (Lipinski definition) is 1. The van der Waals surface area contributed by atoms with Crippen molar-refractivity contribution in [1.82, 2.24) is 0 Å². The van der Waals surface area contributed by atoms with Crippen molar-refractivity contribution in [3.05, 3.63) is 46.3 Å². The van der Waals surface area contributed by atoms with Crippen LogP contribution in [0.4, 0.5) is 0 Å². The predicted molar refractivity (Wildman–Crippen MR) is 161 cm³/mol. The van der Waals surface area contributed by atoms with Crippen LogP contribution in [0.2, 0.25) is 0 Å². The molecule has 0 radical (unpaired) electrons. The SMILES string of the molecule is CC(C)=CCC[C@]1(C)C(CC=C(C)C)C[C@@]2(CC=C(C)C)C(=O)C3=C(OC(C)(C)[C@H](O)C3)[C@]1(C(=O)C(C)C)C2=O. The van der Waals surface area contributed by atoms with E-state index in [2.05, 4.69) is 46.8 Å². The molecule has 3 rings (SSSR count). The fourth-order valence-corrected chi connectivity index (χ4v) is 7.29. The Labute approximate surface area is 242 Å². The summed E-state index contributed by atoms with van der Waals surface area (Å²) in [6.45, 7) is 21.5. The fraction of sp³-hybridized carbons (Fsp3) is 0.686. The molecule has 0 amide bonds. The van der Waals surface area contributed by atoms with Crippen molar-refractivity contribution >= 4 is 17.3 Å². The average molecular weight is 553 g/mol. The molecule has 1 fully saturated rings. The Morgan fingerprint density at radius 3 is 2.08 bits per heavy atom. The molecule has 0 aromatic heterocycles. The molecule has 1 aliphatic heterocycles. The zero-order valence-electron chi connectivity index (χ0n) is 26.8. The maximum atomic E-state index is 15.3. The van der Waals surface area contributed by atoms with Crippen molar-refractivity contribution < 1.29 is 24.2 Å². The number of Topliss-reactive ketones (excluding diaryl/α,β-unsaturated/α-hetero) is 3. The Morgan fingerprint density at radius 1 is 0.975 bits per heavy atom. The van der Waals surface area contributed by atoms with Crippen LogP contribution in [-0.2, 0) is 19.1 Å². The maximum absolute atomic E-state index is 15.3. The quantitative estimate of drug-likeness (QED) is 0.235. The zero-order chi connectivity index (χ0) is 30.4. The lowest BCUT2D eigenvalue weighted by molar-refractivity contribution is -0.191. The smallest absolute Gasteiger partial charge is 0.176 e. The third kappa shape index (κ3) is 5.01. The summed E-state index contributed by atoms with van der Waals surface area (Å²) in [7, 11) is 0. The lowest BCUT2D eigenvalue weighted by Crippen LogP contribution is -2.71. The summed E-state index contributed by atoms with van der Waals surface area (Å²) in [6.07, 6.45) is 8.13. The van der Waals surface area contributed by atoms with Gasteiger partial charge in [-0.25, -0.2) is 0 Å². The standard InChI is InChI=1S/C35H52O5/c1-21(2)13-12-17-33(11)25(15-14-22(3)4)20-34(18-16-23(5)6)29(38)26-19-27(36)32(9,10)40-30(26)35(33,31(34)39)28(37)24(7)8/h13-14,16,24-25,27,36H,12,15,17-20H2,1-11H3/t25?,27-,33-,34+,35-/m1/s1. The van der Waals surface area contributed by atoms with E-state index >= 15 is 4.79 Å². The van der Waals surface area contributed by atoms with Crippen LogP contribution in [-0.4, -0.2) is 34.2 Å². The first-order valence-electron chi connectivity index (χ1n) is 15.0. The van der Waals surface area contributed by atoms with Gasteiger partial charge in [0.15, 0.2) is 22.8 Å². The van der Waals surface area contributed by atoms with Crippen molar-refractivity contribution in [2.24, 2.45) is 28.1 Å². The second-order valence-electron chi connectivity index (χ2n) is 14.4. The monoisotopic (exact) mass is 552 g/mol. The first-order chi connectivity index (χ1) is 18.4. The molecule has 0 aromatic rings. The van der Waals surface area contributed by atoms with Crippen LogP contribution in [0.1, 0.15) is 115 Å². The molecule has 5 heteroatoms. The summed E-state index contributed by atoms with van der Waals surface area (Å²) in [6, 6.07) is 0. The normalized spacial score (nSPS) is 32.7. The first kappa shape index (κ1) is 32.2. The van der Waals surface area contributed by atoms with Gasteiger partial charge in [-0.05, 0) is 98.8 Å². The second-order valence-corrected chi connectivity index (χ2v) is 14.4. The molecule has 1 unspecified atom stereocenters. The van der Waals surface area contributed by atoms with E-state index in [0.29, 0.717) is 31.3 Å². The zero-order valence-corrected chi connectivity index (χ0v) is 26.8. The van der Waals surface area contributed by atoms with Gasteiger partial charge in [0, 0.05) is 17.9 Å². The van der Waals surface area contributed by atoms with E-state index in [-0.39, 0.29) is 41.9 Å². The van der Waals surface area contributed by atoms with Crippen LogP contribution in [0.15, 0.2) is 46.3 Å². The molecule has 0 spiro atoms. The number of hydrogen-bond acceptors (Lipinski definition) is 5. The molecule has 1 saturated carbocycles. The minimum absolute atomic E-state index is 0.0842. The van der Waals surface area contributed by atoms with Crippen molar-refractivity contribution in [2.45, 2.75) is 126 Å². The van der Waals surface area contributed by atoms with Gasteiger partial charge in [0.2, 0.25) is 0 Å². The average Bonchev–Trinajstić information content (AvgIpc) is 2.83. The van der Waals surface area contributed by atoms with Gasteiger partial charge in [0.05, 0.1) is 11.5 Å². The molecule has 0 saturated heterocycles. The summed E-state index contributed by atoms with van der Waals surface area (Å²) in [5.74, 6) is -1.05. The minimum atomic E-state index is -1.61. The lowest BCUT2D eigenvalue weighted by Gasteiger charge is -2.63. The number of allylic oxidation sites excluding steroid dienone is 7. The molecular formula is C35H52O5. The molecule has 5 atom stereocenters. The Hall–Kier alpha value is -2.27. The molecule has 3 aliphatic rings. The third-order valence-electron chi connectivity index (χ3n) is 9.80. The number of rotatable bonds is 9. The van der Waals surface area contributed by atoms with Crippen LogP contribution < -0.4 is 0 Å². The topological polar surface area (TPSA) is 80.7 Å². The molecular weight excluding hydrogens is 500 g/mol. The molecule has 1 heterocycles. The van der Waals surface area contributed by atoms with Crippen LogP contribution in [0, 0.1) is 28.1 Å². The highest BCUT2D eigenvalue weighted by molar-refractivity contribution is 6.27. The third-order valence-corrected chi connectivity index (χ3v) is 9.80. The Morgan fingerprint density at radius 2 is 1.55 bits per heavy atom. The highest BCUT2D eigenvalue weighted by atomic mass is 16.5. The number of ether oxygens (including phenoxy) is 1. The summed E-state index contributed by atoms with van der Waals surface area (Å²) >= 11 is 0. The van der Waals surface area contributed by atoms with Gasteiger partial charge < -0.3 is 9.84 Å². The van der Waals surface area contributed by atoms with E-state index in [0.717, 1.165) is 5.57 Å². The Bertz CT molecular complexity index is 1180. The number of carbonyl (C=O) groups is 3. The van der Waals surface area contributed by atoms with Gasteiger partial charge in [0.1, 0.15) is 11.4 Å². The summed E-state index contributed by atoms with van der Waals surface area (Å²) in [5, 5.41) is 11.1. The van der Waals surface area contributed by atoms with E-state index in [1.807, 2.05) is 33.8 Å². The number of carbonyl (C=O) groups excluding carboxylic acids is 3. The molecule has 0 aromatic carbocycles. The molecule has 2 aliphatic carbocycles. The van der Waals surface area contributed by atoms with Crippen LogP contribution >= 0.6 is 0 Å². The molecule has 222 valence electrons. The van der Waals surface area contributed by atoms with E-state index in [4.69, 9.17) is 4.74 Å². The highest BCUT2D eigenvalue weighted by Gasteiger charge is 2.77.